The fourth-order valence-electron chi connectivity index (χ4n) is 1.99. The molecule has 1 aliphatic rings. The lowest BCUT2D eigenvalue weighted by atomic mass is 9.80. The average molecular weight is 307 g/mol. The van der Waals surface area contributed by atoms with E-state index < -0.39 is 21.4 Å². The van der Waals surface area contributed by atoms with Crippen LogP contribution in [-0.2, 0) is 19.6 Å². The first-order valence-corrected chi connectivity index (χ1v) is 8.50. The number of carboxylic acid groups (broad SMARTS) is 1. The maximum absolute atomic E-state index is 11.9. The number of carbonyl (C=O) groups is 1. The number of carboxylic acids is 1. The zero-order valence-electron chi connectivity index (χ0n) is 12.4. The molecule has 7 heteroatoms. The molecule has 0 aromatic carbocycles. The molecular formula is C13H25NO5S. The molecule has 1 heterocycles. The first-order chi connectivity index (χ1) is 9.06. The largest absolute Gasteiger partial charge is 0.481 e. The van der Waals surface area contributed by atoms with Gasteiger partial charge in [0.25, 0.3) is 0 Å². The van der Waals surface area contributed by atoms with Crippen molar-refractivity contribution >= 4 is 16.0 Å². The van der Waals surface area contributed by atoms with E-state index in [4.69, 9.17) is 4.74 Å². The highest BCUT2D eigenvalue weighted by Gasteiger charge is 2.41. The zero-order valence-corrected chi connectivity index (χ0v) is 13.3. The Kier molecular flexibility index (Phi) is 5.57. The summed E-state index contributed by atoms with van der Waals surface area (Å²) in [7, 11) is -3.44. The van der Waals surface area contributed by atoms with Gasteiger partial charge in [-0.3, -0.25) is 4.79 Å². The highest BCUT2D eigenvalue weighted by Crippen LogP contribution is 2.30. The second kappa shape index (κ2) is 6.41. The average Bonchev–Trinajstić information content (AvgIpc) is 2.35. The van der Waals surface area contributed by atoms with E-state index in [-0.39, 0.29) is 17.7 Å². The summed E-state index contributed by atoms with van der Waals surface area (Å²) >= 11 is 0. The molecule has 118 valence electrons. The molecule has 0 aromatic heterocycles. The van der Waals surface area contributed by atoms with Crippen LogP contribution in [0.2, 0.25) is 0 Å². The highest BCUT2D eigenvalue weighted by atomic mass is 32.2. The van der Waals surface area contributed by atoms with Crippen molar-refractivity contribution in [3.8, 4) is 0 Å². The summed E-state index contributed by atoms with van der Waals surface area (Å²) in [6.45, 7) is 6.57. The van der Waals surface area contributed by atoms with Crippen LogP contribution in [0.5, 0.6) is 0 Å². The molecule has 0 aromatic rings. The molecule has 1 saturated heterocycles. The van der Waals surface area contributed by atoms with Crippen molar-refractivity contribution in [1.82, 2.24) is 4.72 Å². The van der Waals surface area contributed by atoms with Gasteiger partial charge in [0.1, 0.15) is 0 Å². The van der Waals surface area contributed by atoms with Crippen molar-refractivity contribution in [1.29, 1.82) is 0 Å². The number of hydrogen-bond donors (Lipinski definition) is 2. The minimum Gasteiger partial charge on any atom is -0.481 e. The quantitative estimate of drug-likeness (QED) is 0.770. The number of rotatable bonds is 6. The van der Waals surface area contributed by atoms with Crippen LogP contribution in [0.25, 0.3) is 0 Å². The molecule has 0 amide bonds. The van der Waals surface area contributed by atoms with Crippen LogP contribution in [-0.4, -0.2) is 45.0 Å². The number of aliphatic carboxylic acids is 1. The summed E-state index contributed by atoms with van der Waals surface area (Å²) in [5.74, 6) is -0.942. The van der Waals surface area contributed by atoms with Gasteiger partial charge in [0.2, 0.25) is 10.0 Å². The number of hydrogen-bond acceptors (Lipinski definition) is 4. The lowest BCUT2D eigenvalue weighted by Crippen LogP contribution is -2.47. The topological polar surface area (TPSA) is 92.7 Å². The number of sulfonamides is 1. The summed E-state index contributed by atoms with van der Waals surface area (Å²) in [5, 5.41) is 9.35. The van der Waals surface area contributed by atoms with Gasteiger partial charge < -0.3 is 9.84 Å². The summed E-state index contributed by atoms with van der Waals surface area (Å²) in [4.78, 5) is 11.4. The van der Waals surface area contributed by atoms with Crippen LogP contribution in [0.4, 0.5) is 0 Å². The van der Waals surface area contributed by atoms with Gasteiger partial charge in [-0.05, 0) is 24.7 Å². The summed E-state index contributed by atoms with van der Waals surface area (Å²) in [6.07, 6.45) is 1.21. The van der Waals surface area contributed by atoms with Gasteiger partial charge >= 0.3 is 5.97 Å². The van der Waals surface area contributed by atoms with E-state index in [9.17, 15) is 18.3 Å². The predicted octanol–water partition coefficient (Wildman–Crippen LogP) is 1.22. The van der Waals surface area contributed by atoms with Gasteiger partial charge in [0.05, 0.1) is 11.2 Å². The van der Waals surface area contributed by atoms with E-state index in [0.717, 1.165) is 0 Å². The molecule has 6 nitrogen and oxygen atoms in total. The Labute approximate surface area is 120 Å². The first-order valence-electron chi connectivity index (χ1n) is 6.85. The van der Waals surface area contributed by atoms with Crippen LogP contribution < -0.4 is 4.72 Å². The van der Waals surface area contributed by atoms with Gasteiger partial charge in [-0.1, -0.05) is 20.8 Å². The van der Waals surface area contributed by atoms with Crippen LogP contribution >= 0.6 is 0 Å². The molecule has 20 heavy (non-hydrogen) atoms. The Bertz CT molecular complexity index is 432. The second-order valence-electron chi connectivity index (χ2n) is 6.65. The van der Waals surface area contributed by atoms with E-state index in [1.54, 1.807) is 0 Å². The first kappa shape index (κ1) is 17.4. The standard InChI is InChI=1S/C13H25NO5S/c1-12(2,3)6-9-20(17,18)14-10-13(11(15)16)4-7-19-8-5-13/h14H,4-10H2,1-3H3,(H,15,16). The molecule has 0 radical (unpaired) electrons. The van der Waals surface area contributed by atoms with Gasteiger partial charge in [-0.15, -0.1) is 0 Å². The summed E-state index contributed by atoms with van der Waals surface area (Å²) < 4.78 is 31.5. The fourth-order valence-corrected chi connectivity index (χ4v) is 3.51. The van der Waals surface area contributed by atoms with Gasteiger partial charge in [0.15, 0.2) is 0 Å². The molecule has 0 aliphatic carbocycles. The normalized spacial score (nSPS) is 19.8. The van der Waals surface area contributed by atoms with Crippen molar-refractivity contribution in [2.45, 2.75) is 40.0 Å². The minimum atomic E-state index is -3.44. The third-order valence-corrected chi connectivity index (χ3v) is 4.98. The smallest absolute Gasteiger partial charge is 0.311 e. The summed E-state index contributed by atoms with van der Waals surface area (Å²) in [5.41, 5.74) is -1.11. The number of ether oxygens (including phenoxy) is 1. The van der Waals surface area contributed by atoms with E-state index in [0.29, 0.717) is 32.5 Å². The van der Waals surface area contributed by atoms with Crippen molar-refractivity contribution in [3.63, 3.8) is 0 Å². The van der Waals surface area contributed by atoms with E-state index >= 15 is 0 Å². The van der Waals surface area contributed by atoms with E-state index in [1.807, 2.05) is 20.8 Å². The van der Waals surface area contributed by atoms with Crippen LogP contribution in [0, 0.1) is 10.8 Å². The Morgan fingerprint density at radius 2 is 1.85 bits per heavy atom. The fraction of sp³-hybridized carbons (Fsp3) is 0.923. The molecule has 1 fully saturated rings. The molecule has 0 unspecified atom stereocenters. The lowest BCUT2D eigenvalue weighted by Gasteiger charge is -2.33. The monoisotopic (exact) mass is 307 g/mol. The Balaban J connectivity index is 2.61. The predicted molar refractivity (Wildman–Crippen MR) is 76.0 cm³/mol. The molecule has 1 aliphatic heterocycles. The molecule has 0 spiro atoms. The molecule has 0 atom stereocenters. The third-order valence-electron chi connectivity index (χ3n) is 3.65. The maximum atomic E-state index is 11.9. The van der Waals surface area contributed by atoms with Crippen molar-refractivity contribution in [3.05, 3.63) is 0 Å². The van der Waals surface area contributed by atoms with Crippen LogP contribution in [0.15, 0.2) is 0 Å². The highest BCUT2D eigenvalue weighted by molar-refractivity contribution is 7.89. The van der Waals surface area contributed by atoms with Crippen molar-refractivity contribution in [2.24, 2.45) is 10.8 Å². The van der Waals surface area contributed by atoms with E-state index in [1.165, 1.54) is 0 Å². The Morgan fingerprint density at radius 1 is 1.30 bits per heavy atom. The molecule has 2 N–H and O–H groups in total. The van der Waals surface area contributed by atoms with Gasteiger partial charge in [-0.2, -0.15) is 0 Å². The molecule has 0 bridgehead atoms. The molecule has 1 rings (SSSR count). The van der Waals surface area contributed by atoms with Gasteiger partial charge in [0, 0.05) is 19.8 Å². The summed E-state index contributed by atoms with van der Waals surface area (Å²) in [6, 6.07) is 0. The van der Waals surface area contributed by atoms with Crippen molar-refractivity contribution in [2.75, 3.05) is 25.5 Å². The maximum Gasteiger partial charge on any atom is 0.311 e. The van der Waals surface area contributed by atoms with Crippen LogP contribution in [0.1, 0.15) is 40.0 Å². The number of nitrogens with one attached hydrogen (secondary N) is 1. The lowest BCUT2D eigenvalue weighted by molar-refractivity contribution is -0.154. The minimum absolute atomic E-state index is 0.0166. The Morgan fingerprint density at radius 3 is 2.30 bits per heavy atom. The van der Waals surface area contributed by atoms with E-state index in [2.05, 4.69) is 4.72 Å². The van der Waals surface area contributed by atoms with Crippen LogP contribution in [0.3, 0.4) is 0 Å². The molecule has 0 saturated carbocycles. The third kappa shape index (κ3) is 5.38. The SMILES string of the molecule is CC(C)(C)CCS(=O)(=O)NCC1(C(=O)O)CCOCC1. The van der Waals surface area contributed by atoms with Crippen molar-refractivity contribution < 1.29 is 23.1 Å². The van der Waals surface area contributed by atoms with Gasteiger partial charge in [-0.25, -0.2) is 13.1 Å². The second-order valence-corrected chi connectivity index (χ2v) is 8.57. The zero-order chi connectivity index (χ0) is 15.4. The molecular weight excluding hydrogens is 282 g/mol. The Hall–Kier alpha value is -0.660.